The number of aromatic nitrogens is 5. The van der Waals surface area contributed by atoms with Crippen molar-refractivity contribution >= 4 is 10.9 Å². The van der Waals surface area contributed by atoms with Gasteiger partial charge in [0.25, 0.3) is 0 Å². The summed E-state index contributed by atoms with van der Waals surface area (Å²) in [7, 11) is 0. The summed E-state index contributed by atoms with van der Waals surface area (Å²) in [5, 5.41) is 13.9. The number of hydrogen-bond acceptors (Lipinski definition) is 6. The molecule has 7 nitrogen and oxygen atoms in total. The summed E-state index contributed by atoms with van der Waals surface area (Å²) < 4.78 is 8.09. The van der Waals surface area contributed by atoms with E-state index < -0.39 is 0 Å². The van der Waals surface area contributed by atoms with Crippen LogP contribution in [0.25, 0.3) is 10.9 Å². The van der Waals surface area contributed by atoms with Crippen molar-refractivity contribution in [2.45, 2.75) is 65.1 Å². The van der Waals surface area contributed by atoms with Crippen LogP contribution in [0.4, 0.5) is 0 Å². The quantitative estimate of drug-likeness (QED) is 0.676. The van der Waals surface area contributed by atoms with Gasteiger partial charge < -0.3 is 4.74 Å². The molecular formula is C22H28N6O. The van der Waals surface area contributed by atoms with E-state index in [0.717, 1.165) is 42.4 Å². The van der Waals surface area contributed by atoms with E-state index in [1.807, 2.05) is 0 Å². The van der Waals surface area contributed by atoms with Crippen LogP contribution < -0.4 is 4.74 Å². The van der Waals surface area contributed by atoms with E-state index in [2.05, 4.69) is 57.2 Å². The van der Waals surface area contributed by atoms with Crippen LogP contribution in [0.1, 0.15) is 60.7 Å². The predicted molar refractivity (Wildman–Crippen MR) is 111 cm³/mol. The number of ether oxygens (including phenoxy) is 1. The van der Waals surface area contributed by atoms with Gasteiger partial charge in [-0.05, 0) is 60.4 Å². The summed E-state index contributed by atoms with van der Waals surface area (Å²) in [5.41, 5.74) is 4.63. The molecule has 3 heterocycles. The van der Waals surface area contributed by atoms with Crippen molar-refractivity contribution < 1.29 is 4.74 Å². The number of benzene rings is 1. The van der Waals surface area contributed by atoms with Crippen LogP contribution in [0.2, 0.25) is 0 Å². The monoisotopic (exact) mass is 392 g/mol. The third-order valence-electron chi connectivity index (χ3n) is 6.21. The first kappa shape index (κ1) is 18.5. The lowest BCUT2D eigenvalue weighted by Crippen LogP contribution is -2.28. The van der Waals surface area contributed by atoms with Gasteiger partial charge in [0.2, 0.25) is 5.88 Å². The molecule has 1 aliphatic heterocycles. The Morgan fingerprint density at radius 3 is 2.83 bits per heavy atom. The van der Waals surface area contributed by atoms with Crippen LogP contribution in [-0.2, 0) is 13.1 Å². The maximum atomic E-state index is 6.02. The summed E-state index contributed by atoms with van der Waals surface area (Å²) in [6, 6.07) is 7.03. The lowest BCUT2D eigenvalue weighted by molar-refractivity contribution is 0.205. The van der Waals surface area contributed by atoms with E-state index in [0.29, 0.717) is 12.6 Å². The van der Waals surface area contributed by atoms with E-state index >= 15 is 0 Å². The molecule has 0 unspecified atom stereocenters. The highest BCUT2D eigenvalue weighted by Crippen LogP contribution is 2.30. The largest absolute Gasteiger partial charge is 0.476 e. The fourth-order valence-electron chi connectivity index (χ4n) is 4.74. The standard InChI is InChI=1S/C22H28N6O/c1-15-10-16(2)19-12-17-13-27(8-9-29-22(17)23-20(19)11-15)14-21-24-25-26-28(21)18-6-4-3-5-7-18/h10-12,18H,3-9,13-14H2,1-2H3. The van der Waals surface area contributed by atoms with Crippen LogP contribution in [-0.4, -0.2) is 43.2 Å². The Bertz CT molecular complexity index is 1020. The fourth-order valence-corrected chi connectivity index (χ4v) is 4.74. The molecule has 5 rings (SSSR count). The molecule has 0 spiro atoms. The van der Waals surface area contributed by atoms with E-state index in [4.69, 9.17) is 9.72 Å². The van der Waals surface area contributed by atoms with Gasteiger partial charge in [0.1, 0.15) is 6.61 Å². The minimum absolute atomic E-state index is 0.445. The summed E-state index contributed by atoms with van der Waals surface area (Å²) >= 11 is 0. The molecule has 7 heteroatoms. The van der Waals surface area contributed by atoms with Crippen molar-refractivity contribution in [1.82, 2.24) is 30.1 Å². The molecule has 1 aromatic carbocycles. The molecule has 2 aromatic heterocycles. The van der Waals surface area contributed by atoms with Crippen molar-refractivity contribution in [1.29, 1.82) is 0 Å². The van der Waals surface area contributed by atoms with Crippen molar-refractivity contribution in [3.8, 4) is 5.88 Å². The third kappa shape index (κ3) is 3.71. The number of nitrogens with zero attached hydrogens (tertiary/aromatic N) is 6. The van der Waals surface area contributed by atoms with Crippen molar-refractivity contribution in [3.05, 3.63) is 40.7 Å². The zero-order valence-electron chi connectivity index (χ0n) is 17.3. The van der Waals surface area contributed by atoms with E-state index in [1.54, 1.807) is 0 Å². The van der Waals surface area contributed by atoms with Gasteiger partial charge in [-0.3, -0.25) is 4.90 Å². The smallest absolute Gasteiger partial charge is 0.218 e. The summed E-state index contributed by atoms with van der Waals surface area (Å²) in [4.78, 5) is 7.19. The second-order valence-electron chi connectivity index (χ2n) is 8.49. The van der Waals surface area contributed by atoms with Gasteiger partial charge in [0, 0.05) is 24.0 Å². The molecule has 152 valence electrons. The van der Waals surface area contributed by atoms with Gasteiger partial charge in [-0.25, -0.2) is 9.67 Å². The highest BCUT2D eigenvalue weighted by molar-refractivity contribution is 5.84. The summed E-state index contributed by atoms with van der Waals surface area (Å²) in [6.45, 7) is 7.25. The van der Waals surface area contributed by atoms with Gasteiger partial charge in [-0.1, -0.05) is 25.3 Å². The fraction of sp³-hybridized carbons (Fsp3) is 0.545. The molecule has 29 heavy (non-hydrogen) atoms. The zero-order chi connectivity index (χ0) is 19.8. The topological polar surface area (TPSA) is 69.0 Å². The normalized spacial score (nSPS) is 18.4. The molecule has 1 fully saturated rings. The molecule has 1 aliphatic carbocycles. The number of aryl methyl sites for hydroxylation is 2. The van der Waals surface area contributed by atoms with E-state index in [9.17, 15) is 0 Å². The Balaban J connectivity index is 1.40. The molecule has 2 aliphatic rings. The van der Waals surface area contributed by atoms with Gasteiger partial charge in [-0.2, -0.15) is 0 Å². The number of fused-ring (bicyclic) bond motifs is 2. The number of hydrogen-bond donors (Lipinski definition) is 0. The Morgan fingerprint density at radius 1 is 1.10 bits per heavy atom. The predicted octanol–water partition coefficient (Wildman–Crippen LogP) is 3.74. The van der Waals surface area contributed by atoms with Crippen LogP contribution >= 0.6 is 0 Å². The molecule has 1 saturated carbocycles. The first-order chi connectivity index (χ1) is 14.2. The molecule has 0 N–H and O–H groups in total. The van der Waals surface area contributed by atoms with E-state index in [1.165, 1.54) is 48.6 Å². The molecule has 0 radical (unpaired) electrons. The van der Waals surface area contributed by atoms with Crippen LogP contribution in [0, 0.1) is 13.8 Å². The Hall–Kier alpha value is -2.54. The lowest BCUT2D eigenvalue weighted by Gasteiger charge is -2.24. The molecule has 0 bridgehead atoms. The van der Waals surface area contributed by atoms with Gasteiger partial charge in [-0.15, -0.1) is 5.10 Å². The van der Waals surface area contributed by atoms with Gasteiger partial charge >= 0.3 is 0 Å². The summed E-state index contributed by atoms with van der Waals surface area (Å²) in [5.74, 6) is 1.72. The molecular weight excluding hydrogens is 364 g/mol. The number of pyridine rings is 1. The van der Waals surface area contributed by atoms with Crippen molar-refractivity contribution in [3.63, 3.8) is 0 Å². The van der Waals surface area contributed by atoms with E-state index in [-0.39, 0.29) is 0 Å². The highest BCUT2D eigenvalue weighted by atomic mass is 16.5. The van der Waals surface area contributed by atoms with Crippen molar-refractivity contribution in [2.75, 3.05) is 13.2 Å². The average Bonchev–Trinajstić information content (AvgIpc) is 3.08. The first-order valence-electron chi connectivity index (χ1n) is 10.7. The molecule has 0 saturated heterocycles. The van der Waals surface area contributed by atoms with Crippen LogP contribution in [0.3, 0.4) is 0 Å². The Labute approximate surface area is 171 Å². The Kier molecular flexibility index (Phi) is 4.91. The van der Waals surface area contributed by atoms with Crippen LogP contribution in [0.5, 0.6) is 5.88 Å². The van der Waals surface area contributed by atoms with Crippen molar-refractivity contribution in [2.24, 2.45) is 0 Å². The first-order valence-corrected chi connectivity index (χ1v) is 10.7. The average molecular weight is 393 g/mol. The highest BCUT2D eigenvalue weighted by Gasteiger charge is 2.23. The molecule has 3 aromatic rings. The molecule has 0 atom stereocenters. The van der Waals surface area contributed by atoms with Gasteiger partial charge in [0.15, 0.2) is 5.82 Å². The van der Waals surface area contributed by atoms with Crippen LogP contribution in [0.15, 0.2) is 18.2 Å². The van der Waals surface area contributed by atoms with Gasteiger partial charge in [0.05, 0.1) is 18.1 Å². The summed E-state index contributed by atoms with van der Waals surface area (Å²) in [6.07, 6.45) is 6.23. The maximum Gasteiger partial charge on any atom is 0.218 e. The minimum Gasteiger partial charge on any atom is -0.476 e. The maximum absolute atomic E-state index is 6.02. The Morgan fingerprint density at radius 2 is 1.97 bits per heavy atom. The second-order valence-corrected chi connectivity index (χ2v) is 8.49. The zero-order valence-corrected chi connectivity index (χ0v) is 17.3. The third-order valence-corrected chi connectivity index (χ3v) is 6.21. The lowest BCUT2D eigenvalue weighted by atomic mass is 9.95. The number of rotatable bonds is 3. The number of tetrazole rings is 1. The SMILES string of the molecule is Cc1cc(C)c2cc3c(nc2c1)OCCN(Cc1nnnn1C1CCCCC1)C3. The second kappa shape index (κ2) is 7.71. The molecule has 0 amide bonds. The minimum atomic E-state index is 0.445.